The van der Waals surface area contributed by atoms with E-state index in [2.05, 4.69) is 10.5 Å². The summed E-state index contributed by atoms with van der Waals surface area (Å²) < 4.78 is 10.9. The maximum Gasteiger partial charge on any atom is 0.271 e. The van der Waals surface area contributed by atoms with Crippen molar-refractivity contribution in [2.24, 2.45) is 5.10 Å². The fraction of sp³-hybridized carbons (Fsp3) is 0.100. The van der Waals surface area contributed by atoms with E-state index >= 15 is 0 Å². The van der Waals surface area contributed by atoms with Crippen molar-refractivity contribution in [3.63, 3.8) is 0 Å². The summed E-state index contributed by atoms with van der Waals surface area (Å²) in [5.74, 6) is 0.973. The van der Waals surface area contributed by atoms with Crippen LogP contribution in [0.5, 0.6) is 5.75 Å². The highest BCUT2D eigenvalue weighted by atomic mass is 35.5. The van der Waals surface area contributed by atoms with Gasteiger partial charge in [-0.15, -0.1) is 0 Å². The largest absolute Gasteiger partial charge is 0.494 e. The van der Waals surface area contributed by atoms with Crippen LogP contribution >= 0.6 is 11.6 Å². The lowest BCUT2D eigenvalue weighted by molar-refractivity contribution is -0.384. The van der Waals surface area contributed by atoms with Gasteiger partial charge >= 0.3 is 0 Å². The lowest BCUT2D eigenvalue weighted by Gasteiger charge is -2.03. The first-order chi connectivity index (χ1) is 14.0. The average molecular weight is 414 g/mol. The van der Waals surface area contributed by atoms with E-state index < -0.39 is 10.8 Å². The van der Waals surface area contributed by atoms with Crippen LogP contribution in [0.25, 0.3) is 11.3 Å². The summed E-state index contributed by atoms with van der Waals surface area (Å²) in [6, 6.07) is 14.0. The van der Waals surface area contributed by atoms with Gasteiger partial charge in [-0.05, 0) is 49.4 Å². The Morgan fingerprint density at radius 1 is 1.24 bits per heavy atom. The van der Waals surface area contributed by atoms with Crippen LogP contribution in [0.4, 0.5) is 5.69 Å². The molecule has 29 heavy (non-hydrogen) atoms. The molecule has 0 radical (unpaired) electrons. The van der Waals surface area contributed by atoms with E-state index in [-0.39, 0.29) is 5.69 Å². The third-order valence-corrected chi connectivity index (χ3v) is 4.17. The number of benzene rings is 2. The molecule has 0 aliphatic heterocycles. The van der Waals surface area contributed by atoms with Gasteiger partial charge in [-0.25, -0.2) is 5.43 Å². The minimum Gasteiger partial charge on any atom is -0.494 e. The van der Waals surface area contributed by atoms with Crippen LogP contribution in [0, 0.1) is 10.1 Å². The van der Waals surface area contributed by atoms with Gasteiger partial charge in [0.1, 0.15) is 17.3 Å². The van der Waals surface area contributed by atoms with Crippen LogP contribution in [0.15, 0.2) is 64.1 Å². The van der Waals surface area contributed by atoms with Crippen molar-refractivity contribution in [2.45, 2.75) is 6.92 Å². The minimum atomic E-state index is -0.512. The molecule has 9 heteroatoms. The topological polar surface area (TPSA) is 107 Å². The third kappa shape index (κ3) is 4.99. The van der Waals surface area contributed by atoms with Gasteiger partial charge in [-0.3, -0.25) is 14.9 Å². The Morgan fingerprint density at radius 2 is 2.00 bits per heavy atom. The number of amides is 1. The number of furan rings is 1. The van der Waals surface area contributed by atoms with Gasteiger partial charge in [0.15, 0.2) is 0 Å². The molecule has 1 amide bonds. The van der Waals surface area contributed by atoms with Crippen LogP contribution in [-0.2, 0) is 0 Å². The molecule has 0 bridgehead atoms. The zero-order chi connectivity index (χ0) is 20.8. The first kappa shape index (κ1) is 20.1. The highest BCUT2D eigenvalue weighted by molar-refractivity contribution is 6.33. The number of carbonyl (C=O) groups is 1. The second-order valence-corrected chi connectivity index (χ2v) is 6.19. The number of hydrogen-bond acceptors (Lipinski definition) is 6. The summed E-state index contributed by atoms with van der Waals surface area (Å²) in [6.45, 7) is 2.42. The monoisotopic (exact) mass is 413 g/mol. The summed E-state index contributed by atoms with van der Waals surface area (Å²) >= 11 is 6.11. The molecular formula is C20H16ClN3O5. The van der Waals surface area contributed by atoms with Crippen molar-refractivity contribution >= 4 is 29.4 Å². The molecule has 148 valence electrons. The number of nitrogens with zero attached hydrogens (tertiary/aromatic N) is 2. The summed E-state index contributed by atoms with van der Waals surface area (Å²) in [7, 11) is 0. The van der Waals surface area contributed by atoms with Gasteiger partial charge in [-0.2, -0.15) is 5.10 Å². The van der Waals surface area contributed by atoms with Crippen LogP contribution < -0.4 is 10.2 Å². The maximum atomic E-state index is 12.1. The Balaban J connectivity index is 1.67. The first-order valence-corrected chi connectivity index (χ1v) is 8.96. The van der Waals surface area contributed by atoms with Gasteiger partial charge < -0.3 is 9.15 Å². The second kappa shape index (κ2) is 9.03. The molecule has 1 aromatic heterocycles. The van der Waals surface area contributed by atoms with E-state index in [0.29, 0.717) is 40.0 Å². The van der Waals surface area contributed by atoms with Gasteiger partial charge in [0.2, 0.25) is 0 Å². The molecule has 0 saturated carbocycles. The number of nitrogens with one attached hydrogen (secondary N) is 1. The summed E-state index contributed by atoms with van der Waals surface area (Å²) in [5.41, 5.74) is 3.11. The molecular weight excluding hydrogens is 398 g/mol. The molecule has 3 rings (SSSR count). The minimum absolute atomic E-state index is 0.0985. The quantitative estimate of drug-likeness (QED) is 0.344. The van der Waals surface area contributed by atoms with Crippen molar-refractivity contribution in [3.05, 3.63) is 81.1 Å². The van der Waals surface area contributed by atoms with E-state index in [0.717, 1.165) is 0 Å². The van der Waals surface area contributed by atoms with E-state index in [4.69, 9.17) is 20.8 Å². The van der Waals surface area contributed by atoms with Gasteiger partial charge in [0, 0.05) is 23.3 Å². The van der Waals surface area contributed by atoms with Crippen molar-refractivity contribution in [1.82, 2.24) is 5.43 Å². The fourth-order valence-electron chi connectivity index (χ4n) is 2.47. The number of hydrazone groups is 1. The highest BCUT2D eigenvalue weighted by Gasteiger charge is 2.14. The smallest absolute Gasteiger partial charge is 0.271 e. The SMILES string of the molecule is CCOc1ccc(C(=O)N/N=C\c2ccc(-c3cc([N+](=O)[O-])ccc3Cl)o2)cc1. The number of carbonyl (C=O) groups excluding carboxylic acids is 1. The molecule has 3 aromatic rings. The standard InChI is InChI=1S/C20H16ClN3O5/c1-2-28-15-6-3-13(4-7-15)20(25)23-22-12-16-8-10-19(29-16)17-11-14(24(26)27)5-9-18(17)21/h3-12H,2H2,1H3,(H,23,25)/b22-12-. The average Bonchev–Trinajstić information content (AvgIpc) is 3.17. The van der Waals surface area contributed by atoms with Gasteiger partial charge in [0.25, 0.3) is 11.6 Å². The summed E-state index contributed by atoms with van der Waals surface area (Å²) in [6.07, 6.45) is 1.32. The molecule has 0 aliphatic rings. The molecule has 0 saturated heterocycles. The number of rotatable bonds is 7. The molecule has 0 unspecified atom stereocenters. The van der Waals surface area contributed by atoms with Crippen LogP contribution in [-0.4, -0.2) is 23.7 Å². The Hall–Kier alpha value is -3.65. The number of halogens is 1. The van der Waals surface area contributed by atoms with Gasteiger partial charge in [0.05, 0.1) is 22.8 Å². The van der Waals surface area contributed by atoms with Crippen molar-refractivity contribution in [1.29, 1.82) is 0 Å². The number of hydrogen-bond donors (Lipinski definition) is 1. The van der Waals surface area contributed by atoms with E-state index in [1.54, 1.807) is 36.4 Å². The molecule has 2 aromatic carbocycles. The Morgan fingerprint density at radius 3 is 2.69 bits per heavy atom. The number of nitro groups is 1. The zero-order valence-corrected chi connectivity index (χ0v) is 16.1. The van der Waals surface area contributed by atoms with E-state index in [9.17, 15) is 14.9 Å². The lowest BCUT2D eigenvalue weighted by Crippen LogP contribution is -2.17. The summed E-state index contributed by atoms with van der Waals surface area (Å²) in [4.78, 5) is 22.5. The molecule has 1 heterocycles. The number of nitro benzene ring substituents is 1. The van der Waals surface area contributed by atoms with Crippen LogP contribution in [0.1, 0.15) is 23.0 Å². The molecule has 0 aliphatic carbocycles. The van der Waals surface area contributed by atoms with Crippen LogP contribution in [0.3, 0.4) is 0 Å². The Bertz CT molecular complexity index is 1060. The van der Waals surface area contributed by atoms with Crippen molar-refractivity contribution in [2.75, 3.05) is 6.61 Å². The fourth-order valence-corrected chi connectivity index (χ4v) is 2.68. The van der Waals surface area contributed by atoms with E-state index in [1.165, 1.54) is 24.4 Å². The Labute approximate surface area is 170 Å². The van der Waals surface area contributed by atoms with E-state index in [1.807, 2.05) is 6.92 Å². The van der Waals surface area contributed by atoms with Gasteiger partial charge in [-0.1, -0.05) is 11.6 Å². The molecule has 0 atom stereocenters. The zero-order valence-electron chi connectivity index (χ0n) is 15.3. The predicted molar refractivity (Wildman–Crippen MR) is 108 cm³/mol. The van der Waals surface area contributed by atoms with Crippen molar-refractivity contribution in [3.8, 4) is 17.1 Å². The van der Waals surface area contributed by atoms with Crippen LogP contribution in [0.2, 0.25) is 5.02 Å². The lowest BCUT2D eigenvalue weighted by atomic mass is 10.1. The Kier molecular flexibility index (Phi) is 6.25. The second-order valence-electron chi connectivity index (χ2n) is 5.78. The molecule has 1 N–H and O–H groups in total. The normalized spacial score (nSPS) is 10.8. The third-order valence-electron chi connectivity index (χ3n) is 3.84. The molecule has 8 nitrogen and oxygen atoms in total. The molecule has 0 spiro atoms. The summed E-state index contributed by atoms with van der Waals surface area (Å²) in [5, 5.41) is 15.1. The predicted octanol–water partition coefficient (Wildman–Crippen LogP) is 4.67. The highest BCUT2D eigenvalue weighted by Crippen LogP contribution is 2.32. The number of ether oxygens (including phenoxy) is 1. The van der Waals surface area contributed by atoms with Crippen molar-refractivity contribution < 1.29 is 18.9 Å². The maximum absolute atomic E-state index is 12.1. The first-order valence-electron chi connectivity index (χ1n) is 8.58. The number of non-ortho nitro benzene ring substituents is 1. The molecule has 0 fully saturated rings.